The van der Waals surface area contributed by atoms with E-state index in [1.807, 2.05) is 18.2 Å². The Morgan fingerprint density at radius 2 is 2.33 bits per heavy atom. The summed E-state index contributed by atoms with van der Waals surface area (Å²) >= 11 is 0. The third-order valence-electron chi connectivity index (χ3n) is 3.24. The molecule has 0 N–H and O–H groups in total. The van der Waals surface area contributed by atoms with E-state index >= 15 is 0 Å². The van der Waals surface area contributed by atoms with E-state index in [1.54, 1.807) is 6.20 Å². The molecule has 2 rings (SSSR count). The van der Waals surface area contributed by atoms with E-state index < -0.39 is 0 Å². The van der Waals surface area contributed by atoms with Crippen LogP contribution in [-0.2, 0) is 16.1 Å². The van der Waals surface area contributed by atoms with E-state index in [4.69, 9.17) is 4.74 Å². The Hall–Kier alpha value is -1.64. The Kier molecular flexibility index (Phi) is 4.94. The van der Waals surface area contributed by atoms with Crippen molar-refractivity contribution in [3.63, 3.8) is 0 Å². The molecule has 0 saturated carbocycles. The topological polar surface area (TPSA) is 39.2 Å². The lowest BCUT2D eigenvalue weighted by atomic mass is 9.90. The molecule has 18 heavy (non-hydrogen) atoms. The number of ether oxygens (including phenoxy) is 1. The molecule has 1 aromatic rings. The van der Waals surface area contributed by atoms with Gasteiger partial charge in [-0.05, 0) is 43.7 Å². The fraction of sp³-hybridized carbons (Fsp3) is 0.467. The highest BCUT2D eigenvalue weighted by atomic mass is 16.5. The van der Waals surface area contributed by atoms with Gasteiger partial charge in [0.05, 0.1) is 5.69 Å². The van der Waals surface area contributed by atoms with Crippen LogP contribution in [0.3, 0.4) is 0 Å². The summed E-state index contributed by atoms with van der Waals surface area (Å²) in [7, 11) is 0. The maximum absolute atomic E-state index is 11.6. The van der Waals surface area contributed by atoms with Gasteiger partial charge in [0.2, 0.25) is 0 Å². The average molecular weight is 245 g/mol. The van der Waals surface area contributed by atoms with E-state index in [9.17, 15) is 4.79 Å². The van der Waals surface area contributed by atoms with Crippen LogP contribution >= 0.6 is 0 Å². The molecule has 1 atom stereocenters. The first-order valence-corrected chi connectivity index (χ1v) is 6.55. The smallest absolute Gasteiger partial charge is 0.306 e. The summed E-state index contributed by atoms with van der Waals surface area (Å²) in [4.78, 5) is 15.7. The summed E-state index contributed by atoms with van der Waals surface area (Å²) < 4.78 is 5.20. The van der Waals surface area contributed by atoms with Crippen molar-refractivity contribution in [3.8, 4) is 0 Å². The molecular weight excluding hydrogens is 226 g/mol. The van der Waals surface area contributed by atoms with Crippen molar-refractivity contribution in [1.82, 2.24) is 4.98 Å². The predicted octanol–water partition coefficient (Wildman–Crippen LogP) is 3.26. The number of aromatic nitrogens is 1. The second-order valence-electron chi connectivity index (χ2n) is 4.67. The highest BCUT2D eigenvalue weighted by Gasteiger charge is 2.12. The molecule has 1 aromatic heterocycles. The van der Waals surface area contributed by atoms with Gasteiger partial charge in [-0.3, -0.25) is 9.78 Å². The van der Waals surface area contributed by atoms with Gasteiger partial charge < -0.3 is 4.74 Å². The van der Waals surface area contributed by atoms with Crippen LogP contribution in [0.5, 0.6) is 0 Å². The number of hydrogen-bond acceptors (Lipinski definition) is 3. The number of esters is 1. The SMILES string of the molecule is O=C(CCC1CC=CCC1)OCc1ccccn1. The Balaban J connectivity index is 1.64. The second kappa shape index (κ2) is 6.94. The van der Waals surface area contributed by atoms with Crippen LogP contribution in [0.4, 0.5) is 0 Å². The molecule has 3 nitrogen and oxygen atoms in total. The fourth-order valence-corrected chi connectivity index (χ4v) is 2.15. The molecule has 1 aliphatic rings. The van der Waals surface area contributed by atoms with E-state index in [1.165, 1.54) is 6.42 Å². The van der Waals surface area contributed by atoms with Crippen molar-refractivity contribution in [2.45, 2.75) is 38.7 Å². The second-order valence-corrected chi connectivity index (χ2v) is 4.67. The largest absolute Gasteiger partial charge is 0.459 e. The molecule has 1 heterocycles. The van der Waals surface area contributed by atoms with Crippen molar-refractivity contribution in [1.29, 1.82) is 0 Å². The molecule has 1 unspecified atom stereocenters. The number of carbonyl (C=O) groups excluding carboxylic acids is 1. The van der Waals surface area contributed by atoms with Gasteiger partial charge in [-0.25, -0.2) is 0 Å². The summed E-state index contributed by atoms with van der Waals surface area (Å²) in [5, 5.41) is 0. The highest BCUT2D eigenvalue weighted by Crippen LogP contribution is 2.22. The zero-order chi connectivity index (χ0) is 12.6. The molecule has 0 spiro atoms. The van der Waals surface area contributed by atoms with Crippen LogP contribution in [-0.4, -0.2) is 11.0 Å². The van der Waals surface area contributed by atoms with Gasteiger partial charge in [-0.1, -0.05) is 18.2 Å². The van der Waals surface area contributed by atoms with Crippen LogP contribution in [0.15, 0.2) is 36.5 Å². The zero-order valence-corrected chi connectivity index (χ0v) is 10.5. The molecule has 96 valence electrons. The Morgan fingerprint density at radius 3 is 3.06 bits per heavy atom. The number of hydrogen-bond donors (Lipinski definition) is 0. The number of rotatable bonds is 5. The number of allylic oxidation sites excluding steroid dienone is 2. The maximum atomic E-state index is 11.6. The third-order valence-corrected chi connectivity index (χ3v) is 3.24. The Bertz CT molecular complexity index is 400. The molecular formula is C15H19NO2. The molecule has 0 bridgehead atoms. The van der Waals surface area contributed by atoms with Crippen molar-refractivity contribution >= 4 is 5.97 Å². The van der Waals surface area contributed by atoms with Crippen LogP contribution in [0.1, 0.15) is 37.8 Å². The van der Waals surface area contributed by atoms with Gasteiger partial charge in [-0.2, -0.15) is 0 Å². The molecule has 1 aliphatic carbocycles. The van der Waals surface area contributed by atoms with Crippen LogP contribution < -0.4 is 0 Å². The fourth-order valence-electron chi connectivity index (χ4n) is 2.15. The van der Waals surface area contributed by atoms with E-state index in [-0.39, 0.29) is 12.6 Å². The molecule has 0 fully saturated rings. The first kappa shape index (κ1) is 12.8. The summed E-state index contributed by atoms with van der Waals surface area (Å²) in [6.07, 6.45) is 11.0. The summed E-state index contributed by atoms with van der Waals surface area (Å²) in [6.45, 7) is 0.282. The molecule has 0 amide bonds. The highest BCUT2D eigenvalue weighted by molar-refractivity contribution is 5.69. The zero-order valence-electron chi connectivity index (χ0n) is 10.5. The molecule has 0 aromatic carbocycles. The van der Waals surface area contributed by atoms with E-state index in [2.05, 4.69) is 17.1 Å². The standard InChI is InChI=1S/C15H19NO2/c17-15(10-9-13-6-2-1-3-7-13)18-12-14-8-4-5-11-16-14/h1-2,4-5,8,11,13H,3,6-7,9-10,12H2. The minimum absolute atomic E-state index is 0.116. The van der Waals surface area contributed by atoms with Gasteiger partial charge in [0.25, 0.3) is 0 Å². The molecule has 0 saturated heterocycles. The lowest BCUT2D eigenvalue weighted by Crippen LogP contribution is -2.09. The van der Waals surface area contributed by atoms with Gasteiger partial charge in [0, 0.05) is 12.6 Å². The molecule has 0 aliphatic heterocycles. The van der Waals surface area contributed by atoms with E-state index in [0.29, 0.717) is 12.3 Å². The summed E-state index contributed by atoms with van der Waals surface area (Å²) in [5.74, 6) is 0.535. The Labute approximate surface area is 108 Å². The minimum atomic E-state index is -0.116. The van der Waals surface area contributed by atoms with Crippen molar-refractivity contribution in [2.75, 3.05) is 0 Å². The maximum Gasteiger partial charge on any atom is 0.306 e. The number of nitrogens with zero attached hydrogens (tertiary/aromatic N) is 1. The average Bonchev–Trinajstić information content (AvgIpc) is 2.45. The first-order valence-electron chi connectivity index (χ1n) is 6.55. The number of pyridine rings is 1. The first-order chi connectivity index (χ1) is 8.84. The van der Waals surface area contributed by atoms with Gasteiger partial charge >= 0.3 is 5.97 Å². The normalized spacial score (nSPS) is 18.6. The summed E-state index contributed by atoms with van der Waals surface area (Å²) in [5.41, 5.74) is 0.798. The van der Waals surface area contributed by atoms with E-state index in [0.717, 1.165) is 25.0 Å². The molecule has 3 heteroatoms. The summed E-state index contributed by atoms with van der Waals surface area (Å²) in [6, 6.07) is 5.60. The quantitative estimate of drug-likeness (QED) is 0.590. The van der Waals surface area contributed by atoms with Crippen LogP contribution in [0.2, 0.25) is 0 Å². The Morgan fingerprint density at radius 1 is 1.39 bits per heavy atom. The van der Waals surface area contributed by atoms with Gasteiger partial charge in [0.15, 0.2) is 0 Å². The monoisotopic (exact) mass is 245 g/mol. The number of carbonyl (C=O) groups is 1. The van der Waals surface area contributed by atoms with Crippen LogP contribution in [0, 0.1) is 5.92 Å². The van der Waals surface area contributed by atoms with Crippen molar-refractivity contribution < 1.29 is 9.53 Å². The van der Waals surface area contributed by atoms with Gasteiger partial charge in [0.1, 0.15) is 6.61 Å². The third kappa shape index (κ3) is 4.32. The predicted molar refractivity (Wildman–Crippen MR) is 69.7 cm³/mol. The van der Waals surface area contributed by atoms with Crippen LogP contribution in [0.25, 0.3) is 0 Å². The van der Waals surface area contributed by atoms with Crippen molar-refractivity contribution in [2.24, 2.45) is 5.92 Å². The lowest BCUT2D eigenvalue weighted by Gasteiger charge is -2.16. The molecule has 0 radical (unpaired) electrons. The lowest BCUT2D eigenvalue weighted by molar-refractivity contribution is -0.145. The minimum Gasteiger partial charge on any atom is -0.459 e. The van der Waals surface area contributed by atoms with Crippen molar-refractivity contribution in [3.05, 3.63) is 42.2 Å². The van der Waals surface area contributed by atoms with Gasteiger partial charge in [-0.15, -0.1) is 0 Å².